The summed E-state index contributed by atoms with van der Waals surface area (Å²) < 4.78 is 27.3. The highest BCUT2D eigenvalue weighted by Gasteiger charge is 2.24. The molecule has 0 fully saturated rings. The largest absolute Gasteiger partial charge is 0.505 e. The van der Waals surface area contributed by atoms with E-state index < -0.39 is 17.4 Å². The Labute approximate surface area is 137 Å². The highest BCUT2D eigenvalue weighted by molar-refractivity contribution is 6.56. The fourth-order valence-corrected chi connectivity index (χ4v) is 2.92. The van der Waals surface area contributed by atoms with Gasteiger partial charge in [0.05, 0.1) is 25.1 Å². The monoisotopic (exact) mass is 376 g/mol. The molecule has 2 rings (SSSR count). The predicted octanol–water partition coefficient (Wildman–Crippen LogP) is 6.60. The van der Waals surface area contributed by atoms with Gasteiger partial charge in [-0.3, -0.25) is 0 Å². The van der Waals surface area contributed by atoms with Gasteiger partial charge >= 0.3 is 0 Å². The van der Waals surface area contributed by atoms with Gasteiger partial charge < -0.3 is 5.11 Å². The Balaban J connectivity index is 2.87. The Morgan fingerprint density at radius 1 is 0.700 bits per heavy atom. The van der Waals surface area contributed by atoms with Crippen LogP contribution in [0.1, 0.15) is 0 Å². The summed E-state index contributed by atoms with van der Waals surface area (Å²) in [7, 11) is 0. The minimum absolute atomic E-state index is 0.0910. The maximum Gasteiger partial charge on any atom is 0.200 e. The van der Waals surface area contributed by atoms with Crippen LogP contribution in [-0.2, 0) is 0 Å². The molecule has 2 aromatic rings. The van der Waals surface area contributed by atoms with Gasteiger partial charge in [0.2, 0.25) is 5.82 Å². The van der Waals surface area contributed by atoms with Crippen LogP contribution in [0.4, 0.5) is 8.78 Å². The second-order valence-electron chi connectivity index (χ2n) is 3.71. The van der Waals surface area contributed by atoms with Gasteiger partial charge in [-0.2, -0.15) is 4.39 Å². The van der Waals surface area contributed by atoms with Crippen molar-refractivity contribution in [3.63, 3.8) is 0 Å². The van der Waals surface area contributed by atoms with E-state index in [4.69, 9.17) is 63.1 Å². The average molecular weight is 378 g/mol. The summed E-state index contributed by atoms with van der Waals surface area (Å²) in [6.45, 7) is 0. The van der Waals surface area contributed by atoms with Crippen molar-refractivity contribution in [2.45, 2.75) is 0 Å². The van der Waals surface area contributed by atoms with Crippen molar-refractivity contribution in [1.29, 1.82) is 0 Å². The number of aromatic hydroxyl groups is 1. The Morgan fingerprint density at radius 3 is 1.65 bits per heavy atom. The van der Waals surface area contributed by atoms with Crippen LogP contribution in [0.5, 0.6) is 5.75 Å². The van der Waals surface area contributed by atoms with Crippen molar-refractivity contribution in [2.75, 3.05) is 0 Å². The van der Waals surface area contributed by atoms with E-state index in [9.17, 15) is 8.78 Å². The molecule has 20 heavy (non-hydrogen) atoms. The minimum Gasteiger partial charge on any atom is -0.505 e. The fraction of sp³-hybridized carbons (Fsp3) is 0. The van der Waals surface area contributed by atoms with Crippen LogP contribution >= 0.6 is 58.0 Å². The van der Waals surface area contributed by atoms with E-state index in [1.165, 1.54) is 0 Å². The lowest BCUT2D eigenvalue weighted by Gasteiger charge is -2.13. The highest BCUT2D eigenvalue weighted by Crippen LogP contribution is 2.49. The zero-order valence-corrected chi connectivity index (χ0v) is 13.0. The lowest BCUT2D eigenvalue weighted by molar-refractivity contribution is 0.408. The molecular weight excluding hydrogens is 375 g/mol. The van der Waals surface area contributed by atoms with Crippen LogP contribution in [0.15, 0.2) is 12.1 Å². The molecule has 1 nitrogen and oxygen atoms in total. The Hall–Kier alpha value is -0.450. The zero-order valence-electron chi connectivity index (χ0n) is 9.25. The molecule has 0 atom stereocenters. The van der Waals surface area contributed by atoms with Crippen molar-refractivity contribution >= 4 is 58.0 Å². The Kier molecular flexibility index (Phi) is 4.57. The van der Waals surface area contributed by atoms with Gasteiger partial charge in [0.1, 0.15) is 0 Å². The van der Waals surface area contributed by atoms with Gasteiger partial charge in [0.15, 0.2) is 11.6 Å². The molecule has 0 saturated heterocycles. The Morgan fingerprint density at radius 2 is 1.15 bits per heavy atom. The standard InChI is InChI=1S/C12H3Cl5F2O/c13-6-5(7(14)9(16)10(17)8(6)15)3-1-2-4(20)12(19)11(3)18/h1-2,20H. The topological polar surface area (TPSA) is 20.2 Å². The second-order valence-corrected chi connectivity index (χ2v) is 5.59. The van der Waals surface area contributed by atoms with Gasteiger partial charge in [-0.15, -0.1) is 0 Å². The summed E-state index contributed by atoms with van der Waals surface area (Å²) in [5.41, 5.74) is -0.403. The van der Waals surface area contributed by atoms with Crippen LogP contribution in [0.3, 0.4) is 0 Å². The van der Waals surface area contributed by atoms with E-state index in [-0.39, 0.29) is 36.2 Å². The third kappa shape index (κ3) is 2.42. The quantitative estimate of drug-likeness (QED) is 0.438. The first-order valence-corrected chi connectivity index (χ1v) is 6.85. The molecule has 0 amide bonds. The molecule has 0 saturated carbocycles. The summed E-state index contributed by atoms with van der Waals surface area (Å²) in [5, 5.41) is 8.41. The number of halogens is 7. The smallest absolute Gasteiger partial charge is 0.200 e. The second kappa shape index (κ2) is 5.74. The van der Waals surface area contributed by atoms with Gasteiger partial charge in [-0.05, 0) is 12.1 Å². The molecule has 2 aromatic carbocycles. The number of rotatable bonds is 1. The summed E-state index contributed by atoms with van der Waals surface area (Å²) in [6.07, 6.45) is 0. The first-order chi connectivity index (χ1) is 9.27. The summed E-state index contributed by atoms with van der Waals surface area (Å²) in [5.74, 6) is -3.61. The van der Waals surface area contributed by atoms with Gasteiger partial charge in [-0.25, -0.2) is 4.39 Å². The van der Waals surface area contributed by atoms with Crippen molar-refractivity contribution in [3.05, 3.63) is 48.9 Å². The van der Waals surface area contributed by atoms with E-state index in [1.54, 1.807) is 0 Å². The molecule has 0 aromatic heterocycles. The molecule has 106 valence electrons. The van der Waals surface area contributed by atoms with E-state index in [0.717, 1.165) is 12.1 Å². The first-order valence-electron chi connectivity index (χ1n) is 4.96. The number of phenolic OH excluding ortho intramolecular Hbond substituents is 1. The fourth-order valence-electron chi connectivity index (χ4n) is 1.57. The SMILES string of the molecule is Oc1ccc(-c2c(Cl)c(Cl)c(Cl)c(Cl)c2Cl)c(F)c1F. The lowest BCUT2D eigenvalue weighted by atomic mass is 10.0. The van der Waals surface area contributed by atoms with Crippen LogP contribution in [0.2, 0.25) is 25.1 Å². The van der Waals surface area contributed by atoms with Crippen LogP contribution in [0, 0.1) is 11.6 Å². The molecular formula is C12H3Cl5F2O. The predicted molar refractivity (Wildman–Crippen MR) is 78.5 cm³/mol. The van der Waals surface area contributed by atoms with E-state index in [1.807, 2.05) is 0 Å². The summed E-state index contributed by atoms with van der Waals surface area (Å²) in [6, 6.07) is 2.05. The molecule has 0 aliphatic carbocycles. The average Bonchev–Trinajstić information content (AvgIpc) is 2.43. The van der Waals surface area contributed by atoms with Crippen LogP contribution in [0.25, 0.3) is 11.1 Å². The molecule has 0 unspecified atom stereocenters. The molecule has 0 aliphatic heterocycles. The number of benzene rings is 2. The van der Waals surface area contributed by atoms with Gasteiger partial charge in [-0.1, -0.05) is 58.0 Å². The van der Waals surface area contributed by atoms with Crippen LogP contribution < -0.4 is 0 Å². The van der Waals surface area contributed by atoms with E-state index in [0.29, 0.717) is 0 Å². The summed E-state index contributed by atoms with van der Waals surface area (Å²) in [4.78, 5) is 0. The lowest BCUT2D eigenvalue weighted by Crippen LogP contribution is -1.93. The van der Waals surface area contributed by atoms with Crippen molar-refractivity contribution in [1.82, 2.24) is 0 Å². The van der Waals surface area contributed by atoms with Crippen molar-refractivity contribution < 1.29 is 13.9 Å². The van der Waals surface area contributed by atoms with E-state index in [2.05, 4.69) is 0 Å². The third-order valence-corrected chi connectivity index (χ3v) is 4.82. The highest BCUT2D eigenvalue weighted by atomic mass is 35.5. The van der Waals surface area contributed by atoms with Gasteiger partial charge in [0.25, 0.3) is 0 Å². The number of phenols is 1. The number of hydrogen-bond donors (Lipinski definition) is 1. The van der Waals surface area contributed by atoms with Crippen molar-refractivity contribution in [2.24, 2.45) is 0 Å². The zero-order chi connectivity index (χ0) is 15.2. The molecule has 0 heterocycles. The molecule has 8 heteroatoms. The number of hydrogen-bond acceptors (Lipinski definition) is 1. The molecule has 0 bridgehead atoms. The molecule has 0 aliphatic rings. The maximum atomic E-state index is 13.9. The molecule has 1 N–H and O–H groups in total. The Bertz CT molecular complexity index is 689. The third-order valence-electron chi connectivity index (χ3n) is 2.54. The molecule has 0 radical (unpaired) electrons. The van der Waals surface area contributed by atoms with Crippen molar-refractivity contribution in [3.8, 4) is 16.9 Å². The summed E-state index contributed by atoms with van der Waals surface area (Å²) >= 11 is 29.5. The van der Waals surface area contributed by atoms with E-state index >= 15 is 0 Å². The minimum atomic E-state index is -1.43. The maximum absolute atomic E-state index is 13.9. The van der Waals surface area contributed by atoms with Gasteiger partial charge in [0, 0.05) is 11.1 Å². The first kappa shape index (κ1) is 15.9. The van der Waals surface area contributed by atoms with Crippen LogP contribution in [-0.4, -0.2) is 5.11 Å². The molecule has 0 spiro atoms. The normalized spacial score (nSPS) is 10.9.